The van der Waals surface area contributed by atoms with E-state index in [0.717, 1.165) is 0 Å². The summed E-state index contributed by atoms with van der Waals surface area (Å²) in [6.07, 6.45) is 0. The third kappa shape index (κ3) is 4.89. The number of halogens is 1. The number of hydrogen-bond acceptors (Lipinski definition) is 8. The van der Waals surface area contributed by atoms with E-state index >= 15 is 0 Å². The van der Waals surface area contributed by atoms with Gasteiger partial charge in [0.1, 0.15) is 0 Å². The fraction of sp³-hybridized carbons (Fsp3) is 0.316. The number of aromatic nitrogens is 2. The van der Waals surface area contributed by atoms with Crippen LogP contribution in [-0.2, 0) is 0 Å². The van der Waals surface area contributed by atoms with Crippen molar-refractivity contribution in [1.82, 2.24) is 10.2 Å². The average Bonchev–Trinajstić information content (AvgIpc) is 3.33. The Morgan fingerprint density at radius 2 is 1.66 bits per heavy atom. The number of ether oxygens (including phenoxy) is 3. The number of furan rings is 1. The average molecular weight is 466 g/mol. The Morgan fingerprint density at radius 3 is 2.21 bits per heavy atom. The first-order chi connectivity index (χ1) is 14.0. The van der Waals surface area contributed by atoms with E-state index in [9.17, 15) is 4.79 Å². The summed E-state index contributed by atoms with van der Waals surface area (Å²) in [7, 11) is 0. The summed E-state index contributed by atoms with van der Waals surface area (Å²) in [5.41, 5.74) is 0.292. The maximum atomic E-state index is 12.7. The Labute approximate surface area is 175 Å². The third-order valence-corrected chi connectivity index (χ3v) is 4.03. The quantitative estimate of drug-likeness (QED) is 0.490. The van der Waals surface area contributed by atoms with Gasteiger partial charge in [-0.15, -0.1) is 5.10 Å². The van der Waals surface area contributed by atoms with Crippen LogP contribution in [-0.4, -0.2) is 35.9 Å². The molecule has 0 saturated heterocycles. The van der Waals surface area contributed by atoms with Crippen LogP contribution in [0.25, 0.3) is 11.7 Å². The van der Waals surface area contributed by atoms with E-state index < -0.39 is 5.91 Å². The van der Waals surface area contributed by atoms with Gasteiger partial charge in [0.05, 0.1) is 19.8 Å². The minimum atomic E-state index is -0.467. The van der Waals surface area contributed by atoms with Gasteiger partial charge in [-0.2, -0.15) is 0 Å². The third-order valence-electron chi connectivity index (χ3n) is 3.60. The van der Waals surface area contributed by atoms with Crippen molar-refractivity contribution < 1.29 is 27.8 Å². The highest BCUT2D eigenvalue weighted by Crippen LogP contribution is 2.39. The number of nitrogens with one attached hydrogen (secondary N) is 1. The maximum Gasteiger partial charge on any atom is 0.322 e. The smallest absolute Gasteiger partial charge is 0.322 e. The molecule has 0 atom stereocenters. The highest BCUT2D eigenvalue weighted by atomic mass is 79.9. The minimum absolute atomic E-state index is 0.0673. The van der Waals surface area contributed by atoms with E-state index in [4.69, 9.17) is 23.0 Å². The molecule has 0 aliphatic carbocycles. The number of nitrogens with zero attached hydrogens (tertiary/aromatic N) is 2. The molecular weight excluding hydrogens is 446 g/mol. The number of carbonyl (C=O) groups is 1. The Bertz CT molecular complexity index is 957. The van der Waals surface area contributed by atoms with Crippen molar-refractivity contribution >= 4 is 27.9 Å². The van der Waals surface area contributed by atoms with Crippen LogP contribution in [0.1, 0.15) is 31.1 Å². The van der Waals surface area contributed by atoms with Gasteiger partial charge in [0, 0.05) is 5.56 Å². The Balaban J connectivity index is 1.85. The standard InChI is InChI=1S/C19H20BrN3O6/c1-4-25-13-9-11(10-14(26-5-2)16(13)27-6-3)17(24)21-19-23-22-18(29-19)12-7-8-15(20)28-12/h7-10H,4-6H2,1-3H3,(H,21,23,24). The summed E-state index contributed by atoms with van der Waals surface area (Å²) in [5, 5.41) is 10.2. The summed E-state index contributed by atoms with van der Waals surface area (Å²) in [4.78, 5) is 12.7. The molecule has 0 aliphatic heterocycles. The van der Waals surface area contributed by atoms with Crippen LogP contribution in [0.3, 0.4) is 0 Å². The summed E-state index contributed by atoms with van der Waals surface area (Å²) < 4.78 is 28.2. The highest BCUT2D eigenvalue weighted by molar-refractivity contribution is 9.10. The zero-order valence-corrected chi connectivity index (χ0v) is 17.7. The molecule has 1 amide bonds. The molecule has 2 heterocycles. The van der Waals surface area contributed by atoms with Crippen LogP contribution < -0.4 is 19.5 Å². The molecule has 0 unspecified atom stereocenters. The zero-order chi connectivity index (χ0) is 20.8. The van der Waals surface area contributed by atoms with Gasteiger partial charge >= 0.3 is 6.01 Å². The minimum Gasteiger partial charge on any atom is -0.490 e. The van der Waals surface area contributed by atoms with Gasteiger partial charge in [-0.25, -0.2) is 0 Å². The predicted octanol–water partition coefficient (Wildman–Crippen LogP) is 4.54. The topological polar surface area (TPSA) is 109 Å². The Morgan fingerprint density at radius 1 is 1.00 bits per heavy atom. The molecule has 0 saturated carbocycles. The first-order valence-corrected chi connectivity index (χ1v) is 9.81. The predicted molar refractivity (Wildman–Crippen MR) is 108 cm³/mol. The van der Waals surface area contributed by atoms with Crippen molar-refractivity contribution in [3.63, 3.8) is 0 Å². The van der Waals surface area contributed by atoms with E-state index in [0.29, 0.717) is 53.1 Å². The highest BCUT2D eigenvalue weighted by Gasteiger charge is 2.20. The van der Waals surface area contributed by atoms with Crippen molar-refractivity contribution in [2.24, 2.45) is 0 Å². The second kappa shape index (κ2) is 9.46. The number of amides is 1. The lowest BCUT2D eigenvalue weighted by molar-refractivity contribution is 0.102. The molecule has 3 aromatic rings. The number of anilines is 1. The summed E-state index contributed by atoms with van der Waals surface area (Å²) in [5.74, 6) is 1.34. The number of benzene rings is 1. The molecule has 9 nitrogen and oxygen atoms in total. The second-order valence-electron chi connectivity index (χ2n) is 5.57. The van der Waals surface area contributed by atoms with Crippen LogP contribution in [0.4, 0.5) is 6.01 Å². The molecule has 0 radical (unpaired) electrons. The largest absolute Gasteiger partial charge is 0.490 e. The van der Waals surface area contributed by atoms with Gasteiger partial charge in [0.15, 0.2) is 21.9 Å². The van der Waals surface area contributed by atoms with Gasteiger partial charge in [-0.05, 0) is 61.0 Å². The van der Waals surface area contributed by atoms with Gasteiger partial charge in [-0.3, -0.25) is 10.1 Å². The van der Waals surface area contributed by atoms with Gasteiger partial charge in [-0.1, -0.05) is 5.10 Å². The van der Waals surface area contributed by atoms with Crippen molar-refractivity contribution in [1.29, 1.82) is 0 Å². The molecule has 154 valence electrons. The first kappa shape index (κ1) is 20.7. The van der Waals surface area contributed by atoms with Crippen molar-refractivity contribution in [3.05, 3.63) is 34.5 Å². The molecule has 2 aromatic heterocycles. The van der Waals surface area contributed by atoms with Gasteiger partial charge < -0.3 is 23.0 Å². The fourth-order valence-corrected chi connectivity index (χ4v) is 2.80. The maximum absolute atomic E-state index is 12.7. The first-order valence-electron chi connectivity index (χ1n) is 9.02. The van der Waals surface area contributed by atoms with Crippen molar-refractivity contribution in [2.45, 2.75) is 20.8 Å². The molecule has 1 N–H and O–H groups in total. The molecule has 3 rings (SSSR count). The van der Waals surface area contributed by atoms with E-state index in [2.05, 4.69) is 31.4 Å². The van der Waals surface area contributed by atoms with Crippen LogP contribution in [0.5, 0.6) is 17.2 Å². The number of carbonyl (C=O) groups excluding carboxylic acids is 1. The molecule has 29 heavy (non-hydrogen) atoms. The van der Waals surface area contributed by atoms with Gasteiger partial charge in [0.2, 0.25) is 5.75 Å². The van der Waals surface area contributed by atoms with E-state index in [1.54, 1.807) is 24.3 Å². The Kier molecular flexibility index (Phi) is 6.76. The lowest BCUT2D eigenvalue weighted by Gasteiger charge is -2.16. The lowest BCUT2D eigenvalue weighted by atomic mass is 10.1. The van der Waals surface area contributed by atoms with Crippen LogP contribution in [0.2, 0.25) is 0 Å². The molecule has 0 aliphatic rings. The lowest BCUT2D eigenvalue weighted by Crippen LogP contribution is -2.13. The van der Waals surface area contributed by atoms with E-state index in [1.165, 1.54) is 0 Å². The monoisotopic (exact) mass is 465 g/mol. The summed E-state index contributed by atoms with van der Waals surface area (Å²) in [6, 6.07) is 6.45. The van der Waals surface area contributed by atoms with Gasteiger partial charge in [0.25, 0.3) is 11.8 Å². The molecule has 0 spiro atoms. The molecule has 0 bridgehead atoms. The second-order valence-corrected chi connectivity index (χ2v) is 6.35. The zero-order valence-electron chi connectivity index (χ0n) is 16.2. The SMILES string of the molecule is CCOc1cc(C(=O)Nc2nnc(-c3ccc(Br)o3)o2)cc(OCC)c1OCC. The van der Waals surface area contributed by atoms with E-state index in [-0.39, 0.29) is 11.9 Å². The number of hydrogen-bond donors (Lipinski definition) is 1. The molecule has 1 aromatic carbocycles. The summed E-state index contributed by atoms with van der Waals surface area (Å²) >= 11 is 3.20. The number of rotatable bonds is 9. The van der Waals surface area contributed by atoms with Crippen molar-refractivity contribution in [3.8, 4) is 28.9 Å². The van der Waals surface area contributed by atoms with Crippen LogP contribution in [0, 0.1) is 0 Å². The van der Waals surface area contributed by atoms with Crippen LogP contribution in [0.15, 0.2) is 37.8 Å². The van der Waals surface area contributed by atoms with E-state index in [1.807, 2.05) is 20.8 Å². The Hall–Kier alpha value is -3.01. The molecule has 10 heteroatoms. The summed E-state index contributed by atoms with van der Waals surface area (Å²) in [6.45, 7) is 6.78. The molecule has 0 fully saturated rings. The normalized spacial score (nSPS) is 10.6. The van der Waals surface area contributed by atoms with Crippen molar-refractivity contribution in [2.75, 3.05) is 25.1 Å². The molecular formula is C19H20BrN3O6. The fourth-order valence-electron chi connectivity index (χ4n) is 2.49. The van der Waals surface area contributed by atoms with Crippen LogP contribution >= 0.6 is 15.9 Å².